The SMILES string of the molecule is NC(=O)c1ccc(NC(=O)CSc2ccc(C(F)(F)F)cc2[N+](=O)[O-])cc1. The summed E-state index contributed by atoms with van der Waals surface area (Å²) in [4.78, 5) is 32.9. The van der Waals surface area contributed by atoms with Gasteiger partial charge >= 0.3 is 6.18 Å². The number of nitrogens with two attached hydrogens (primary N) is 1. The van der Waals surface area contributed by atoms with Gasteiger partial charge in [-0.2, -0.15) is 13.2 Å². The Labute approximate surface area is 154 Å². The molecule has 2 rings (SSSR count). The van der Waals surface area contributed by atoms with E-state index in [-0.39, 0.29) is 16.2 Å². The number of primary amides is 1. The van der Waals surface area contributed by atoms with E-state index in [0.717, 1.165) is 23.9 Å². The van der Waals surface area contributed by atoms with Crippen LogP contribution in [-0.4, -0.2) is 22.5 Å². The molecule has 0 aliphatic heterocycles. The van der Waals surface area contributed by atoms with Crippen LogP contribution in [0.3, 0.4) is 0 Å². The Hall–Kier alpha value is -3.08. The van der Waals surface area contributed by atoms with Crippen molar-refractivity contribution in [3.8, 4) is 0 Å². The lowest BCUT2D eigenvalue weighted by molar-refractivity contribution is -0.388. The van der Waals surface area contributed by atoms with E-state index in [1.54, 1.807) is 0 Å². The topological polar surface area (TPSA) is 115 Å². The Morgan fingerprint density at radius 1 is 1.15 bits per heavy atom. The minimum Gasteiger partial charge on any atom is -0.366 e. The zero-order valence-electron chi connectivity index (χ0n) is 13.4. The van der Waals surface area contributed by atoms with Gasteiger partial charge in [-0.05, 0) is 36.4 Å². The van der Waals surface area contributed by atoms with E-state index >= 15 is 0 Å². The molecular weight excluding hydrogens is 387 g/mol. The standard InChI is InChI=1S/C16H12F3N3O4S/c17-16(18,19)10-3-6-13(12(7-10)22(25)26)27-8-14(23)21-11-4-1-9(2-5-11)15(20)24/h1-7H,8H2,(H2,20,24)(H,21,23). The lowest BCUT2D eigenvalue weighted by Gasteiger charge is -2.09. The van der Waals surface area contributed by atoms with Crippen LogP contribution in [0.2, 0.25) is 0 Å². The molecule has 0 atom stereocenters. The molecule has 0 aromatic heterocycles. The molecule has 0 aliphatic rings. The van der Waals surface area contributed by atoms with Crippen molar-refractivity contribution in [2.45, 2.75) is 11.1 Å². The molecule has 2 aromatic rings. The van der Waals surface area contributed by atoms with Crippen molar-refractivity contribution in [2.75, 3.05) is 11.1 Å². The predicted octanol–water partition coefficient (Wildman–Crippen LogP) is 3.44. The Morgan fingerprint density at radius 2 is 1.78 bits per heavy atom. The number of nitrogens with zero attached hydrogens (tertiary/aromatic N) is 1. The second-order valence-corrected chi connectivity index (χ2v) is 6.23. The fourth-order valence-electron chi connectivity index (χ4n) is 2.02. The first-order valence-electron chi connectivity index (χ1n) is 7.26. The summed E-state index contributed by atoms with van der Waals surface area (Å²) < 4.78 is 38.0. The molecule has 0 unspecified atom stereocenters. The van der Waals surface area contributed by atoms with E-state index in [9.17, 15) is 32.9 Å². The van der Waals surface area contributed by atoms with Crippen molar-refractivity contribution in [1.29, 1.82) is 0 Å². The molecule has 0 fully saturated rings. The monoisotopic (exact) mass is 399 g/mol. The van der Waals surface area contributed by atoms with Crippen LogP contribution in [0.25, 0.3) is 0 Å². The number of hydrogen-bond donors (Lipinski definition) is 2. The second kappa shape index (κ2) is 8.08. The predicted molar refractivity (Wildman–Crippen MR) is 92.4 cm³/mol. The molecule has 0 heterocycles. The lowest BCUT2D eigenvalue weighted by atomic mass is 10.2. The van der Waals surface area contributed by atoms with Crippen LogP contribution in [0.4, 0.5) is 24.5 Å². The number of hydrogen-bond acceptors (Lipinski definition) is 5. The maximum atomic E-state index is 12.7. The van der Waals surface area contributed by atoms with Crippen LogP contribution in [-0.2, 0) is 11.0 Å². The average molecular weight is 399 g/mol. The smallest absolute Gasteiger partial charge is 0.366 e. The lowest BCUT2D eigenvalue weighted by Crippen LogP contribution is -2.15. The molecule has 0 saturated carbocycles. The van der Waals surface area contributed by atoms with Crippen molar-refractivity contribution in [3.63, 3.8) is 0 Å². The normalized spacial score (nSPS) is 11.1. The molecular formula is C16H12F3N3O4S. The maximum Gasteiger partial charge on any atom is 0.416 e. The first-order chi connectivity index (χ1) is 12.6. The molecule has 0 spiro atoms. The summed E-state index contributed by atoms with van der Waals surface area (Å²) in [5.41, 5.74) is 3.85. The molecule has 3 N–H and O–H groups in total. The number of carbonyl (C=O) groups is 2. The van der Waals surface area contributed by atoms with Gasteiger partial charge in [0.25, 0.3) is 5.69 Å². The largest absolute Gasteiger partial charge is 0.416 e. The van der Waals surface area contributed by atoms with E-state index in [2.05, 4.69) is 5.32 Å². The number of alkyl halides is 3. The van der Waals surface area contributed by atoms with E-state index in [1.165, 1.54) is 24.3 Å². The Kier molecular flexibility index (Phi) is 6.05. The third kappa shape index (κ3) is 5.45. The maximum absolute atomic E-state index is 12.7. The molecule has 7 nitrogen and oxygen atoms in total. The number of thioether (sulfide) groups is 1. The minimum absolute atomic E-state index is 0.0628. The number of halogens is 3. The van der Waals surface area contributed by atoms with Crippen LogP contribution >= 0.6 is 11.8 Å². The molecule has 27 heavy (non-hydrogen) atoms. The quantitative estimate of drug-likeness (QED) is 0.439. The fraction of sp³-hybridized carbons (Fsp3) is 0.125. The summed E-state index contributed by atoms with van der Waals surface area (Å²) in [7, 11) is 0. The van der Waals surface area contributed by atoms with Crippen molar-refractivity contribution < 1.29 is 27.7 Å². The van der Waals surface area contributed by atoms with E-state index < -0.39 is 34.2 Å². The van der Waals surface area contributed by atoms with Gasteiger partial charge in [-0.25, -0.2) is 0 Å². The molecule has 2 aromatic carbocycles. The highest BCUT2D eigenvalue weighted by Crippen LogP contribution is 2.36. The van der Waals surface area contributed by atoms with Gasteiger partial charge in [0.05, 0.1) is 21.1 Å². The van der Waals surface area contributed by atoms with Crippen molar-refractivity contribution in [1.82, 2.24) is 0 Å². The number of rotatable bonds is 6. The van der Waals surface area contributed by atoms with Crippen LogP contribution in [0, 0.1) is 10.1 Å². The van der Waals surface area contributed by atoms with E-state index in [1.807, 2.05) is 0 Å². The van der Waals surface area contributed by atoms with Crippen molar-refractivity contribution >= 4 is 35.0 Å². The van der Waals surface area contributed by atoms with Gasteiger partial charge in [0.2, 0.25) is 11.8 Å². The van der Waals surface area contributed by atoms with E-state index in [4.69, 9.17) is 5.73 Å². The number of amides is 2. The van der Waals surface area contributed by atoms with Crippen LogP contribution < -0.4 is 11.1 Å². The van der Waals surface area contributed by atoms with Gasteiger partial charge in [0.1, 0.15) is 0 Å². The van der Waals surface area contributed by atoms with Gasteiger partial charge in [-0.15, -0.1) is 11.8 Å². The Balaban J connectivity index is 2.06. The first-order valence-corrected chi connectivity index (χ1v) is 8.24. The third-order valence-corrected chi connectivity index (χ3v) is 4.36. The average Bonchev–Trinajstić information content (AvgIpc) is 2.59. The zero-order chi connectivity index (χ0) is 20.2. The number of benzene rings is 2. The number of nitro groups is 1. The highest BCUT2D eigenvalue weighted by molar-refractivity contribution is 8.00. The summed E-state index contributed by atoms with van der Waals surface area (Å²) in [6.45, 7) is 0. The fourth-order valence-corrected chi connectivity index (χ4v) is 2.82. The molecule has 11 heteroatoms. The van der Waals surface area contributed by atoms with Crippen LogP contribution in [0.5, 0.6) is 0 Å². The number of nitrogens with one attached hydrogen (secondary N) is 1. The third-order valence-electron chi connectivity index (χ3n) is 3.29. The van der Waals surface area contributed by atoms with Crippen molar-refractivity contribution in [3.05, 3.63) is 63.7 Å². The summed E-state index contributed by atoms with van der Waals surface area (Å²) in [5, 5.41) is 13.5. The van der Waals surface area contributed by atoms with Gasteiger partial charge < -0.3 is 11.1 Å². The van der Waals surface area contributed by atoms with Gasteiger partial charge in [-0.1, -0.05) is 0 Å². The zero-order valence-corrected chi connectivity index (χ0v) is 14.3. The number of carbonyl (C=O) groups excluding carboxylic acids is 2. The second-order valence-electron chi connectivity index (χ2n) is 5.22. The highest BCUT2D eigenvalue weighted by atomic mass is 32.2. The van der Waals surface area contributed by atoms with Gasteiger partial charge in [0.15, 0.2) is 0 Å². The van der Waals surface area contributed by atoms with Crippen LogP contribution in [0.15, 0.2) is 47.4 Å². The number of nitro benzene ring substituents is 1. The summed E-state index contributed by atoms with van der Waals surface area (Å²) >= 11 is 0.735. The molecule has 142 valence electrons. The summed E-state index contributed by atoms with van der Waals surface area (Å²) in [6, 6.07) is 7.82. The number of anilines is 1. The van der Waals surface area contributed by atoms with E-state index in [0.29, 0.717) is 11.8 Å². The highest BCUT2D eigenvalue weighted by Gasteiger charge is 2.33. The molecule has 0 aliphatic carbocycles. The molecule has 0 bridgehead atoms. The molecule has 0 saturated heterocycles. The Bertz CT molecular complexity index is 885. The molecule has 0 radical (unpaired) electrons. The molecule has 2 amide bonds. The minimum atomic E-state index is -4.71. The van der Waals surface area contributed by atoms with Crippen molar-refractivity contribution in [2.24, 2.45) is 5.73 Å². The summed E-state index contributed by atoms with van der Waals surface area (Å²) in [6.07, 6.45) is -4.71. The first kappa shape index (κ1) is 20.2. The summed E-state index contributed by atoms with van der Waals surface area (Å²) in [5.74, 6) is -1.41. The van der Waals surface area contributed by atoms with Gasteiger partial charge in [0, 0.05) is 17.3 Å². The van der Waals surface area contributed by atoms with Crippen LogP contribution in [0.1, 0.15) is 15.9 Å². The van der Waals surface area contributed by atoms with Gasteiger partial charge in [-0.3, -0.25) is 19.7 Å². The Morgan fingerprint density at radius 3 is 2.30 bits per heavy atom.